The van der Waals surface area contributed by atoms with Crippen LogP contribution in [0.15, 0.2) is 41.3 Å². The van der Waals surface area contributed by atoms with Gasteiger partial charge in [0, 0.05) is 10.7 Å². The van der Waals surface area contributed by atoms with Gasteiger partial charge in [0.15, 0.2) is 6.17 Å². The smallest absolute Gasteiger partial charge is 0.262 e. The molecule has 1 aliphatic heterocycles. The molecule has 0 aliphatic carbocycles. The molecule has 2 aromatic rings. The zero-order valence-electron chi connectivity index (χ0n) is 12.4. The van der Waals surface area contributed by atoms with Gasteiger partial charge in [-0.05, 0) is 42.8 Å². The summed E-state index contributed by atoms with van der Waals surface area (Å²) in [7, 11) is -3.93. The van der Waals surface area contributed by atoms with Crippen LogP contribution in [0.2, 0.25) is 5.02 Å². The highest BCUT2D eigenvalue weighted by Gasteiger charge is 2.33. The molecule has 126 valence electrons. The topological polar surface area (TPSA) is 87.3 Å². The molecular formula is C15H13ClFN3O3S. The number of hydrogen-bond donors (Lipinski definition) is 3. The van der Waals surface area contributed by atoms with Crippen molar-refractivity contribution in [1.29, 1.82) is 0 Å². The van der Waals surface area contributed by atoms with Crippen LogP contribution in [-0.4, -0.2) is 20.5 Å². The standard InChI is InChI=1S/C15H13ClFN3O3S/c1-8-2-4-10(7-11(8)16)18-15(21)14-19-12-6-9(17)3-5-13(12)24(22,23)20-14/h2-7,14,19-20H,1H3,(H,18,21). The van der Waals surface area contributed by atoms with Gasteiger partial charge >= 0.3 is 0 Å². The largest absolute Gasteiger partial charge is 0.360 e. The summed E-state index contributed by atoms with van der Waals surface area (Å²) in [6.45, 7) is 1.82. The fourth-order valence-corrected chi connectivity index (χ4v) is 3.70. The number of benzene rings is 2. The van der Waals surface area contributed by atoms with E-state index in [9.17, 15) is 17.6 Å². The van der Waals surface area contributed by atoms with Crippen LogP contribution < -0.4 is 15.4 Å². The number of anilines is 2. The summed E-state index contributed by atoms with van der Waals surface area (Å²) in [4.78, 5) is 12.2. The third-order valence-electron chi connectivity index (χ3n) is 3.51. The van der Waals surface area contributed by atoms with Crippen molar-refractivity contribution in [2.24, 2.45) is 0 Å². The lowest BCUT2D eigenvalue weighted by Crippen LogP contribution is -2.51. The summed E-state index contributed by atoms with van der Waals surface area (Å²) in [5.41, 5.74) is 1.29. The number of sulfonamides is 1. The number of aryl methyl sites for hydroxylation is 1. The van der Waals surface area contributed by atoms with Crippen molar-refractivity contribution >= 4 is 38.9 Å². The monoisotopic (exact) mass is 369 g/mol. The maximum atomic E-state index is 13.3. The maximum absolute atomic E-state index is 13.3. The molecule has 2 aromatic carbocycles. The van der Waals surface area contributed by atoms with Crippen LogP contribution in [-0.2, 0) is 14.8 Å². The normalized spacial score (nSPS) is 18.4. The van der Waals surface area contributed by atoms with Gasteiger partial charge in [0.25, 0.3) is 5.91 Å². The van der Waals surface area contributed by atoms with E-state index < -0.39 is 27.9 Å². The van der Waals surface area contributed by atoms with Crippen molar-refractivity contribution in [2.45, 2.75) is 18.0 Å². The van der Waals surface area contributed by atoms with Crippen LogP contribution in [0.25, 0.3) is 0 Å². The first-order chi connectivity index (χ1) is 11.3. The van der Waals surface area contributed by atoms with Crippen LogP contribution in [0.1, 0.15) is 5.56 Å². The highest BCUT2D eigenvalue weighted by molar-refractivity contribution is 7.89. The Bertz CT molecular complexity index is 934. The molecule has 1 amide bonds. The number of carbonyl (C=O) groups excluding carboxylic acids is 1. The number of amides is 1. The number of hydrogen-bond acceptors (Lipinski definition) is 4. The third kappa shape index (κ3) is 3.21. The van der Waals surface area contributed by atoms with Gasteiger partial charge in [-0.3, -0.25) is 4.79 Å². The Morgan fingerprint density at radius 1 is 1.25 bits per heavy atom. The van der Waals surface area contributed by atoms with E-state index in [0.29, 0.717) is 10.7 Å². The van der Waals surface area contributed by atoms with E-state index in [0.717, 1.165) is 23.8 Å². The van der Waals surface area contributed by atoms with E-state index in [1.165, 1.54) is 0 Å². The molecule has 0 aromatic heterocycles. The van der Waals surface area contributed by atoms with E-state index in [2.05, 4.69) is 15.4 Å². The molecule has 3 N–H and O–H groups in total. The Balaban J connectivity index is 1.85. The highest BCUT2D eigenvalue weighted by atomic mass is 35.5. The number of nitrogens with one attached hydrogen (secondary N) is 3. The number of fused-ring (bicyclic) bond motifs is 1. The predicted octanol–water partition coefficient (Wildman–Crippen LogP) is 2.46. The maximum Gasteiger partial charge on any atom is 0.262 e. The molecule has 3 rings (SSSR count). The molecule has 0 bridgehead atoms. The second-order valence-electron chi connectivity index (χ2n) is 5.29. The Morgan fingerprint density at radius 3 is 2.71 bits per heavy atom. The van der Waals surface area contributed by atoms with E-state index in [1.807, 2.05) is 6.92 Å². The lowest BCUT2D eigenvalue weighted by molar-refractivity contribution is -0.117. The molecule has 9 heteroatoms. The first-order valence-corrected chi connectivity index (χ1v) is 8.78. The summed E-state index contributed by atoms with van der Waals surface area (Å²) < 4.78 is 39.9. The molecule has 1 atom stereocenters. The Kier molecular flexibility index (Phi) is 4.20. The molecule has 0 saturated carbocycles. The van der Waals surface area contributed by atoms with Crippen molar-refractivity contribution in [3.63, 3.8) is 0 Å². The van der Waals surface area contributed by atoms with Gasteiger partial charge in [-0.1, -0.05) is 17.7 Å². The van der Waals surface area contributed by atoms with Gasteiger partial charge in [-0.15, -0.1) is 0 Å². The van der Waals surface area contributed by atoms with Crippen molar-refractivity contribution in [1.82, 2.24) is 4.72 Å². The minimum atomic E-state index is -3.93. The van der Waals surface area contributed by atoms with Crippen LogP contribution in [0.3, 0.4) is 0 Å². The lowest BCUT2D eigenvalue weighted by atomic mass is 10.2. The van der Waals surface area contributed by atoms with Gasteiger partial charge in [-0.2, -0.15) is 4.72 Å². The van der Waals surface area contributed by atoms with E-state index in [4.69, 9.17) is 11.6 Å². The van der Waals surface area contributed by atoms with E-state index >= 15 is 0 Å². The first kappa shape index (κ1) is 16.7. The fourth-order valence-electron chi connectivity index (χ4n) is 2.26. The molecule has 1 aliphatic rings. The Labute approximate surface area is 143 Å². The van der Waals surface area contributed by atoms with E-state index in [1.54, 1.807) is 18.2 Å². The Morgan fingerprint density at radius 2 is 2.00 bits per heavy atom. The molecule has 1 unspecified atom stereocenters. The second kappa shape index (κ2) is 6.04. The van der Waals surface area contributed by atoms with Gasteiger partial charge in [0.2, 0.25) is 10.0 Å². The number of carbonyl (C=O) groups is 1. The fraction of sp³-hybridized carbons (Fsp3) is 0.133. The molecular weight excluding hydrogens is 357 g/mol. The SMILES string of the molecule is Cc1ccc(NC(=O)C2Nc3cc(F)ccc3S(=O)(=O)N2)cc1Cl. The quantitative estimate of drug-likeness (QED) is 0.758. The molecule has 0 spiro atoms. The van der Waals surface area contributed by atoms with Gasteiger partial charge in [0.1, 0.15) is 10.7 Å². The van der Waals surface area contributed by atoms with Gasteiger partial charge < -0.3 is 10.6 Å². The summed E-state index contributed by atoms with van der Waals surface area (Å²) in [6.07, 6.45) is -1.27. The first-order valence-electron chi connectivity index (χ1n) is 6.92. The van der Waals surface area contributed by atoms with Crippen molar-refractivity contribution in [2.75, 3.05) is 10.6 Å². The zero-order valence-corrected chi connectivity index (χ0v) is 14.0. The van der Waals surface area contributed by atoms with E-state index in [-0.39, 0.29) is 10.6 Å². The average Bonchev–Trinajstić information content (AvgIpc) is 2.49. The summed E-state index contributed by atoms with van der Waals surface area (Å²) >= 11 is 5.99. The molecule has 0 saturated heterocycles. The minimum Gasteiger partial charge on any atom is -0.360 e. The average molecular weight is 370 g/mol. The minimum absolute atomic E-state index is 0.0239. The van der Waals surface area contributed by atoms with Crippen LogP contribution >= 0.6 is 11.6 Å². The number of halogens is 2. The predicted molar refractivity (Wildman–Crippen MR) is 89.0 cm³/mol. The van der Waals surface area contributed by atoms with Crippen molar-refractivity contribution < 1.29 is 17.6 Å². The van der Waals surface area contributed by atoms with Crippen LogP contribution in [0.4, 0.5) is 15.8 Å². The molecule has 0 fully saturated rings. The summed E-state index contributed by atoms with van der Waals surface area (Å²) in [5.74, 6) is -1.25. The van der Waals surface area contributed by atoms with Gasteiger partial charge in [0.05, 0.1) is 5.69 Å². The van der Waals surface area contributed by atoms with Crippen molar-refractivity contribution in [3.8, 4) is 0 Å². The Hall–Kier alpha value is -2.16. The molecule has 1 heterocycles. The van der Waals surface area contributed by atoms with Crippen LogP contribution in [0.5, 0.6) is 0 Å². The highest BCUT2D eigenvalue weighted by Crippen LogP contribution is 2.27. The van der Waals surface area contributed by atoms with Gasteiger partial charge in [-0.25, -0.2) is 12.8 Å². The molecule has 0 radical (unpaired) electrons. The number of rotatable bonds is 2. The van der Waals surface area contributed by atoms with Crippen molar-refractivity contribution in [3.05, 3.63) is 52.8 Å². The zero-order chi connectivity index (χ0) is 17.5. The lowest BCUT2D eigenvalue weighted by Gasteiger charge is -2.27. The third-order valence-corrected chi connectivity index (χ3v) is 5.39. The van der Waals surface area contributed by atoms with Crippen LogP contribution in [0, 0.1) is 12.7 Å². The molecule has 6 nitrogen and oxygen atoms in total. The summed E-state index contributed by atoms with van der Waals surface area (Å²) in [6, 6.07) is 8.12. The second-order valence-corrected chi connectivity index (χ2v) is 7.38. The summed E-state index contributed by atoms with van der Waals surface area (Å²) in [5, 5.41) is 5.69. The molecule has 24 heavy (non-hydrogen) atoms.